The van der Waals surface area contributed by atoms with E-state index in [9.17, 15) is 4.79 Å². The lowest BCUT2D eigenvalue weighted by atomic mass is 9.97. The lowest BCUT2D eigenvalue weighted by Crippen LogP contribution is -2.27. The van der Waals surface area contributed by atoms with Gasteiger partial charge in [0.2, 0.25) is 0 Å². The van der Waals surface area contributed by atoms with Crippen LogP contribution in [-0.4, -0.2) is 38.0 Å². The summed E-state index contributed by atoms with van der Waals surface area (Å²) in [6, 6.07) is 16.1. The lowest BCUT2D eigenvalue weighted by Gasteiger charge is -2.22. The van der Waals surface area contributed by atoms with Gasteiger partial charge in [0.25, 0.3) is 0 Å². The van der Waals surface area contributed by atoms with Crippen molar-refractivity contribution in [3.05, 3.63) is 76.2 Å². The minimum absolute atomic E-state index is 0.194. The molecular weight excluding hydrogens is 464 g/mol. The van der Waals surface area contributed by atoms with Crippen LogP contribution in [0.4, 0.5) is 0 Å². The van der Waals surface area contributed by atoms with Crippen LogP contribution >= 0.6 is 15.9 Å². The van der Waals surface area contributed by atoms with Gasteiger partial charge >= 0.3 is 5.91 Å². The van der Waals surface area contributed by atoms with Crippen LogP contribution in [0.1, 0.15) is 34.1 Å². The Morgan fingerprint density at radius 2 is 1.74 bits per heavy atom. The monoisotopic (exact) mass is 484 g/mol. The molecule has 1 aromatic heterocycles. The maximum atomic E-state index is 13.3. The number of hydrogen-bond donors (Lipinski definition) is 0. The fourth-order valence-corrected chi connectivity index (χ4v) is 3.88. The van der Waals surface area contributed by atoms with E-state index in [-0.39, 0.29) is 17.7 Å². The standard InChI is InChI=1S/C23H21BrN2O5/c1-28-15-10-14(11-16(12-15)29-2)18-13-19(17-6-4-5-7-20(17)30-3)26(25-18)23(27)21-8-9-22(24)31-21/h4-12,19H,13H2,1-3H3/t19-/m0/s1. The molecule has 3 aromatic rings. The average Bonchev–Trinajstić information content (AvgIpc) is 3.45. The molecule has 0 N–H and O–H groups in total. The number of amides is 1. The highest BCUT2D eigenvalue weighted by atomic mass is 79.9. The zero-order valence-electron chi connectivity index (χ0n) is 17.3. The van der Waals surface area contributed by atoms with Gasteiger partial charge < -0.3 is 18.6 Å². The third-order valence-corrected chi connectivity index (χ3v) is 5.51. The van der Waals surface area contributed by atoms with Crippen LogP contribution in [0.3, 0.4) is 0 Å². The molecule has 0 saturated carbocycles. The van der Waals surface area contributed by atoms with Crippen molar-refractivity contribution in [2.45, 2.75) is 12.5 Å². The molecule has 0 bridgehead atoms. The Bertz CT molecular complexity index is 1120. The second-order valence-electron chi connectivity index (χ2n) is 6.86. The summed E-state index contributed by atoms with van der Waals surface area (Å²) >= 11 is 3.25. The molecule has 0 radical (unpaired) electrons. The summed E-state index contributed by atoms with van der Waals surface area (Å²) in [5.41, 5.74) is 2.40. The summed E-state index contributed by atoms with van der Waals surface area (Å²) in [5.74, 6) is 1.83. The zero-order valence-corrected chi connectivity index (χ0v) is 18.9. The summed E-state index contributed by atoms with van der Waals surface area (Å²) in [5, 5.41) is 6.14. The molecule has 0 fully saturated rings. The molecular formula is C23H21BrN2O5. The first kappa shape index (κ1) is 21.0. The highest BCUT2D eigenvalue weighted by Crippen LogP contribution is 2.39. The number of carbonyl (C=O) groups excluding carboxylic acids is 1. The Kier molecular flexibility index (Phi) is 5.99. The number of para-hydroxylation sites is 1. The molecule has 0 spiro atoms. The molecule has 2 heterocycles. The minimum atomic E-state index is -0.361. The number of nitrogens with zero attached hydrogens (tertiary/aromatic N) is 2. The topological polar surface area (TPSA) is 73.5 Å². The van der Waals surface area contributed by atoms with Crippen molar-refractivity contribution in [3.63, 3.8) is 0 Å². The van der Waals surface area contributed by atoms with Crippen LogP contribution < -0.4 is 14.2 Å². The van der Waals surface area contributed by atoms with Crippen LogP contribution in [0, 0.1) is 0 Å². The van der Waals surface area contributed by atoms with Gasteiger partial charge in [-0.05, 0) is 46.3 Å². The molecule has 4 rings (SSSR count). The van der Waals surface area contributed by atoms with Gasteiger partial charge in [-0.1, -0.05) is 18.2 Å². The number of rotatable bonds is 6. The molecule has 1 atom stereocenters. The third-order valence-electron chi connectivity index (χ3n) is 5.09. The summed E-state index contributed by atoms with van der Waals surface area (Å²) < 4.78 is 22.3. The number of carbonyl (C=O) groups is 1. The number of furan rings is 1. The van der Waals surface area contributed by atoms with Crippen molar-refractivity contribution < 1.29 is 23.4 Å². The number of benzene rings is 2. The second kappa shape index (κ2) is 8.85. The quantitative estimate of drug-likeness (QED) is 0.488. The first-order valence-electron chi connectivity index (χ1n) is 9.56. The van der Waals surface area contributed by atoms with Crippen molar-refractivity contribution in [1.82, 2.24) is 5.01 Å². The highest BCUT2D eigenvalue weighted by molar-refractivity contribution is 9.10. The predicted molar refractivity (Wildman–Crippen MR) is 119 cm³/mol. The van der Waals surface area contributed by atoms with Gasteiger partial charge in [0.1, 0.15) is 17.2 Å². The van der Waals surface area contributed by atoms with Crippen molar-refractivity contribution in [2.75, 3.05) is 21.3 Å². The Hall–Kier alpha value is -3.26. The normalized spacial score (nSPS) is 15.5. The van der Waals surface area contributed by atoms with E-state index >= 15 is 0 Å². The van der Waals surface area contributed by atoms with E-state index in [0.29, 0.717) is 28.3 Å². The molecule has 160 valence electrons. The van der Waals surface area contributed by atoms with Gasteiger partial charge in [-0.2, -0.15) is 5.10 Å². The minimum Gasteiger partial charge on any atom is -0.497 e. The first-order valence-corrected chi connectivity index (χ1v) is 10.4. The molecule has 2 aromatic carbocycles. The fraction of sp³-hybridized carbons (Fsp3) is 0.217. The summed E-state index contributed by atoms with van der Waals surface area (Å²) in [4.78, 5) is 13.3. The Morgan fingerprint density at radius 1 is 1.03 bits per heavy atom. The Labute approximate surface area is 188 Å². The number of halogens is 1. The zero-order chi connectivity index (χ0) is 22.0. The number of hydrazone groups is 1. The second-order valence-corrected chi connectivity index (χ2v) is 7.64. The van der Waals surface area contributed by atoms with Crippen LogP contribution in [-0.2, 0) is 0 Å². The smallest absolute Gasteiger partial charge is 0.310 e. The Balaban J connectivity index is 1.79. The molecule has 0 saturated heterocycles. The summed E-state index contributed by atoms with van der Waals surface area (Å²) in [6.07, 6.45) is 0.490. The average molecular weight is 485 g/mol. The van der Waals surface area contributed by atoms with E-state index in [1.165, 1.54) is 5.01 Å². The van der Waals surface area contributed by atoms with Gasteiger partial charge in [-0.25, -0.2) is 5.01 Å². The summed E-state index contributed by atoms with van der Waals surface area (Å²) in [6.45, 7) is 0. The van der Waals surface area contributed by atoms with E-state index in [0.717, 1.165) is 16.8 Å². The third kappa shape index (κ3) is 4.16. The van der Waals surface area contributed by atoms with Crippen LogP contribution in [0.25, 0.3) is 0 Å². The number of methoxy groups -OCH3 is 3. The van der Waals surface area contributed by atoms with Gasteiger partial charge in [0.15, 0.2) is 10.4 Å². The molecule has 1 amide bonds. The van der Waals surface area contributed by atoms with E-state index in [4.69, 9.17) is 18.6 Å². The van der Waals surface area contributed by atoms with Crippen molar-refractivity contribution in [2.24, 2.45) is 5.10 Å². The van der Waals surface area contributed by atoms with E-state index in [1.54, 1.807) is 39.5 Å². The van der Waals surface area contributed by atoms with E-state index in [2.05, 4.69) is 21.0 Å². The first-order chi connectivity index (χ1) is 15.0. The molecule has 0 unspecified atom stereocenters. The van der Waals surface area contributed by atoms with E-state index < -0.39 is 0 Å². The van der Waals surface area contributed by atoms with Gasteiger partial charge in [-0.15, -0.1) is 0 Å². The number of ether oxygens (including phenoxy) is 3. The molecule has 7 nitrogen and oxygen atoms in total. The van der Waals surface area contributed by atoms with Crippen LogP contribution in [0.15, 0.2) is 68.8 Å². The van der Waals surface area contributed by atoms with Crippen molar-refractivity contribution in [3.8, 4) is 17.2 Å². The molecule has 0 aliphatic carbocycles. The van der Waals surface area contributed by atoms with Gasteiger partial charge in [-0.3, -0.25) is 4.79 Å². The molecule has 1 aliphatic heterocycles. The van der Waals surface area contributed by atoms with Crippen LogP contribution in [0.2, 0.25) is 0 Å². The van der Waals surface area contributed by atoms with Gasteiger partial charge in [0.05, 0.1) is 33.1 Å². The van der Waals surface area contributed by atoms with Crippen molar-refractivity contribution in [1.29, 1.82) is 0 Å². The van der Waals surface area contributed by atoms with E-state index in [1.807, 2.05) is 36.4 Å². The maximum absolute atomic E-state index is 13.3. The van der Waals surface area contributed by atoms with Gasteiger partial charge in [0, 0.05) is 23.6 Å². The highest BCUT2D eigenvalue weighted by Gasteiger charge is 2.36. The van der Waals surface area contributed by atoms with Crippen LogP contribution in [0.5, 0.6) is 17.2 Å². The maximum Gasteiger partial charge on any atom is 0.310 e. The fourth-order valence-electron chi connectivity index (χ4n) is 3.57. The Morgan fingerprint density at radius 3 is 2.35 bits per heavy atom. The molecule has 8 heteroatoms. The predicted octanol–water partition coefficient (Wildman–Crippen LogP) is 5.06. The summed E-state index contributed by atoms with van der Waals surface area (Å²) in [7, 11) is 4.80. The molecule has 31 heavy (non-hydrogen) atoms. The largest absolute Gasteiger partial charge is 0.497 e. The lowest BCUT2D eigenvalue weighted by molar-refractivity contribution is 0.0675. The number of hydrogen-bond acceptors (Lipinski definition) is 6. The van der Waals surface area contributed by atoms with Crippen molar-refractivity contribution >= 4 is 27.5 Å². The SMILES string of the molecule is COc1cc(OC)cc(C2=NN(C(=O)c3ccc(Br)o3)[C@H](c3ccccc3OC)C2)c1. The molecule has 1 aliphatic rings.